The SMILES string of the molecule is Cc1ccc(CCC(=O)N2CCn3c(nc(-c4ccc(F)cc4)c3Nc3ccc(F)c(F)c3)C2)cc1. The fraction of sp³-hybridized carbons (Fsp3) is 0.214. The number of amides is 1. The highest BCUT2D eigenvalue weighted by Crippen LogP contribution is 2.33. The minimum absolute atomic E-state index is 0.0447. The van der Waals surface area contributed by atoms with E-state index < -0.39 is 11.6 Å². The van der Waals surface area contributed by atoms with Crippen molar-refractivity contribution in [1.29, 1.82) is 0 Å². The van der Waals surface area contributed by atoms with Gasteiger partial charge in [0.25, 0.3) is 0 Å². The highest BCUT2D eigenvalue weighted by molar-refractivity contribution is 5.78. The molecule has 1 amide bonds. The van der Waals surface area contributed by atoms with Crippen LogP contribution in [0.2, 0.25) is 0 Å². The Bertz CT molecular complexity index is 1400. The summed E-state index contributed by atoms with van der Waals surface area (Å²) in [7, 11) is 0. The van der Waals surface area contributed by atoms with Gasteiger partial charge in [0.05, 0.1) is 6.54 Å². The van der Waals surface area contributed by atoms with Crippen molar-refractivity contribution in [2.24, 2.45) is 0 Å². The summed E-state index contributed by atoms with van der Waals surface area (Å²) in [6.45, 7) is 3.32. The van der Waals surface area contributed by atoms with Gasteiger partial charge in [-0.15, -0.1) is 0 Å². The van der Waals surface area contributed by atoms with Crippen LogP contribution in [0.1, 0.15) is 23.4 Å². The van der Waals surface area contributed by atoms with Crippen molar-refractivity contribution in [1.82, 2.24) is 14.5 Å². The third-order valence-electron chi connectivity index (χ3n) is 6.37. The number of imidazole rings is 1. The van der Waals surface area contributed by atoms with E-state index in [9.17, 15) is 18.0 Å². The van der Waals surface area contributed by atoms with Gasteiger partial charge in [-0.25, -0.2) is 18.2 Å². The van der Waals surface area contributed by atoms with Crippen LogP contribution in [0.4, 0.5) is 24.7 Å². The molecule has 3 aromatic carbocycles. The summed E-state index contributed by atoms with van der Waals surface area (Å²) >= 11 is 0. The fourth-order valence-electron chi connectivity index (χ4n) is 4.35. The summed E-state index contributed by atoms with van der Waals surface area (Å²) in [5.41, 5.74) is 3.86. The number of anilines is 2. The Morgan fingerprint density at radius 1 is 0.944 bits per heavy atom. The lowest BCUT2D eigenvalue weighted by Gasteiger charge is -2.28. The summed E-state index contributed by atoms with van der Waals surface area (Å²) in [6, 6.07) is 17.6. The van der Waals surface area contributed by atoms with Gasteiger partial charge in [0.2, 0.25) is 5.91 Å². The van der Waals surface area contributed by atoms with E-state index in [2.05, 4.69) is 5.32 Å². The second kappa shape index (κ2) is 9.89. The van der Waals surface area contributed by atoms with Gasteiger partial charge in [0.15, 0.2) is 11.6 Å². The number of benzene rings is 3. The fourth-order valence-corrected chi connectivity index (χ4v) is 4.35. The van der Waals surface area contributed by atoms with E-state index in [1.54, 1.807) is 17.0 Å². The molecule has 5 rings (SSSR count). The zero-order chi connectivity index (χ0) is 25.2. The number of fused-ring (bicyclic) bond motifs is 1. The molecule has 0 fully saturated rings. The molecule has 5 nitrogen and oxygen atoms in total. The van der Waals surface area contributed by atoms with Gasteiger partial charge in [0, 0.05) is 36.8 Å². The Hall–Kier alpha value is -4.07. The van der Waals surface area contributed by atoms with Crippen molar-refractivity contribution < 1.29 is 18.0 Å². The molecular formula is C28H25F3N4O. The maximum Gasteiger partial charge on any atom is 0.223 e. The van der Waals surface area contributed by atoms with Gasteiger partial charge in [-0.2, -0.15) is 0 Å². The average Bonchev–Trinajstić information content (AvgIpc) is 3.23. The zero-order valence-corrected chi connectivity index (χ0v) is 19.8. The number of aromatic nitrogens is 2. The standard InChI is InChI=1S/C28H25F3N4O/c1-18-2-4-19(5-3-18)6-13-26(36)34-14-15-35-25(17-34)33-27(20-7-9-21(29)10-8-20)28(35)32-22-11-12-23(30)24(31)16-22/h2-5,7-12,16,32H,6,13-15,17H2,1H3. The van der Waals surface area contributed by atoms with Crippen molar-refractivity contribution in [3.63, 3.8) is 0 Å². The number of hydrogen-bond acceptors (Lipinski definition) is 3. The van der Waals surface area contributed by atoms with Gasteiger partial charge in [-0.1, -0.05) is 29.8 Å². The predicted octanol–water partition coefficient (Wildman–Crippen LogP) is 5.99. The number of nitrogens with one attached hydrogen (secondary N) is 1. The number of rotatable bonds is 6. The molecule has 0 radical (unpaired) electrons. The van der Waals surface area contributed by atoms with E-state index >= 15 is 0 Å². The normalized spacial score (nSPS) is 12.9. The van der Waals surface area contributed by atoms with Crippen LogP contribution in [0, 0.1) is 24.4 Å². The lowest BCUT2D eigenvalue weighted by Crippen LogP contribution is -2.38. The van der Waals surface area contributed by atoms with Crippen LogP contribution in [-0.2, 0) is 24.3 Å². The lowest BCUT2D eigenvalue weighted by atomic mass is 10.1. The highest BCUT2D eigenvalue weighted by Gasteiger charge is 2.27. The minimum atomic E-state index is -0.966. The Kier molecular flexibility index (Phi) is 6.50. The summed E-state index contributed by atoms with van der Waals surface area (Å²) in [4.78, 5) is 19.5. The van der Waals surface area contributed by atoms with Crippen molar-refractivity contribution >= 4 is 17.4 Å². The second-order valence-electron chi connectivity index (χ2n) is 8.94. The molecule has 0 saturated carbocycles. The molecule has 184 valence electrons. The van der Waals surface area contributed by atoms with Crippen molar-refractivity contribution in [3.8, 4) is 11.3 Å². The number of nitrogens with zero attached hydrogens (tertiary/aromatic N) is 3. The van der Waals surface area contributed by atoms with Gasteiger partial charge in [0.1, 0.15) is 23.2 Å². The molecule has 2 heterocycles. The van der Waals surface area contributed by atoms with Gasteiger partial charge in [-0.05, 0) is 55.3 Å². The molecule has 0 spiro atoms. The molecular weight excluding hydrogens is 465 g/mol. The topological polar surface area (TPSA) is 50.2 Å². The number of hydrogen-bond donors (Lipinski definition) is 1. The van der Waals surface area contributed by atoms with Crippen LogP contribution in [0.3, 0.4) is 0 Å². The molecule has 8 heteroatoms. The summed E-state index contributed by atoms with van der Waals surface area (Å²) < 4.78 is 42.8. The van der Waals surface area contributed by atoms with Crippen LogP contribution in [0.25, 0.3) is 11.3 Å². The van der Waals surface area contributed by atoms with Crippen LogP contribution in [0.15, 0.2) is 66.7 Å². The first-order valence-electron chi connectivity index (χ1n) is 11.8. The van der Waals surface area contributed by atoms with E-state index in [-0.39, 0.29) is 11.7 Å². The third kappa shape index (κ3) is 4.98. The van der Waals surface area contributed by atoms with Crippen LogP contribution in [0.5, 0.6) is 0 Å². The first-order chi connectivity index (χ1) is 17.4. The number of carbonyl (C=O) groups is 1. The largest absolute Gasteiger partial charge is 0.340 e. The van der Waals surface area contributed by atoms with Crippen molar-refractivity contribution in [2.75, 3.05) is 11.9 Å². The van der Waals surface area contributed by atoms with E-state index in [0.29, 0.717) is 61.1 Å². The molecule has 1 N–H and O–H groups in total. The Labute approximate surface area is 207 Å². The third-order valence-corrected chi connectivity index (χ3v) is 6.37. The van der Waals surface area contributed by atoms with Crippen LogP contribution >= 0.6 is 0 Å². The minimum Gasteiger partial charge on any atom is -0.340 e. The van der Waals surface area contributed by atoms with Crippen LogP contribution < -0.4 is 5.32 Å². The van der Waals surface area contributed by atoms with Crippen LogP contribution in [-0.4, -0.2) is 26.9 Å². The van der Waals surface area contributed by atoms with E-state index in [0.717, 1.165) is 17.7 Å². The second-order valence-corrected chi connectivity index (χ2v) is 8.94. The van der Waals surface area contributed by atoms with E-state index in [1.807, 2.05) is 35.8 Å². The quantitative estimate of drug-likeness (QED) is 0.361. The zero-order valence-electron chi connectivity index (χ0n) is 19.8. The maximum atomic E-state index is 13.8. The molecule has 0 saturated heterocycles. The molecule has 0 bridgehead atoms. The predicted molar refractivity (Wildman–Crippen MR) is 132 cm³/mol. The van der Waals surface area contributed by atoms with Gasteiger partial charge < -0.3 is 14.8 Å². The number of carbonyl (C=O) groups excluding carboxylic acids is 1. The smallest absolute Gasteiger partial charge is 0.223 e. The average molecular weight is 491 g/mol. The van der Waals surface area contributed by atoms with Gasteiger partial charge in [-0.3, -0.25) is 4.79 Å². The monoisotopic (exact) mass is 490 g/mol. The first kappa shape index (κ1) is 23.7. The Morgan fingerprint density at radius 2 is 1.69 bits per heavy atom. The first-order valence-corrected chi connectivity index (χ1v) is 11.8. The number of aryl methyl sites for hydroxylation is 2. The Balaban J connectivity index is 1.40. The maximum absolute atomic E-state index is 13.8. The lowest BCUT2D eigenvalue weighted by molar-refractivity contribution is -0.132. The summed E-state index contributed by atoms with van der Waals surface area (Å²) in [6.07, 6.45) is 1.06. The van der Waals surface area contributed by atoms with Crippen molar-refractivity contribution in [3.05, 3.63) is 101 Å². The number of halogens is 3. The molecule has 1 aliphatic rings. The molecule has 36 heavy (non-hydrogen) atoms. The van der Waals surface area contributed by atoms with E-state index in [1.165, 1.54) is 23.8 Å². The molecule has 0 atom stereocenters. The molecule has 1 aromatic heterocycles. The van der Waals surface area contributed by atoms with E-state index in [4.69, 9.17) is 4.98 Å². The Morgan fingerprint density at radius 3 is 2.42 bits per heavy atom. The highest BCUT2D eigenvalue weighted by atomic mass is 19.2. The summed E-state index contributed by atoms with van der Waals surface area (Å²) in [5, 5.41) is 3.15. The summed E-state index contributed by atoms with van der Waals surface area (Å²) in [5.74, 6) is -0.989. The van der Waals surface area contributed by atoms with Crippen molar-refractivity contribution in [2.45, 2.75) is 32.9 Å². The molecule has 0 aliphatic carbocycles. The van der Waals surface area contributed by atoms with Gasteiger partial charge >= 0.3 is 0 Å². The molecule has 4 aromatic rings. The molecule has 0 unspecified atom stereocenters. The molecule has 1 aliphatic heterocycles.